The van der Waals surface area contributed by atoms with E-state index in [-0.39, 0.29) is 29.7 Å². The number of hydrogen-bond donors (Lipinski definition) is 3. The molecule has 3 rings (SSSR count). The zero-order valence-electron chi connectivity index (χ0n) is 14.8. The van der Waals surface area contributed by atoms with Crippen molar-refractivity contribution in [2.75, 3.05) is 7.05 Å². The van der Waals surface area contributed by atoms with Gasteiger partial charge in [-0.2, -0.15) is 0 Å². The van der Waals surface area contributed by atoms with E-state index in [0.717, 1.165) is 24.8 Å². The summed E-state index contributed by atoms with van der Waals surface area (Å²) in [6, 6.07) is 9.08. The summed E-state index contributed by atoms with van der Waals surface area (Å²) in [6.07, 6.45) is 2.80. The highest BCUT2D eigenvalue weighted by Crippen LogP contribution is 2.28. The molecule has 7 heteroatoms. The van der Waals surface area contributed by atoms with E-state index in [0.29, 0.717) is 16.5 Å². The second kappa shape index (κ2) is 7.83. The first kappa shape index (κ1) is 18.3. The zero-order chi connectivity index (χ0) is 18.7. The minimum Gasteiger partial charge on any atom is -0.484 e. The number of rotatable bonds is 6. The van der Waals surface area contributed by atoms with Crippen LogP contribution < -0.4 is 15.4 Å². The van der Waals surface area contributed by atoms with Gasteiger partial charge in [0.15, 0.2) is 5.75 Å². The second-order valence-corrected chi connectivity index (χ2v) is 6.85. The predicted molar refractivity (Wildman–Crippen MR) is 99.8 cm³/mol. The topological polar surface area (TPSA) is 83.2 Å². The molecule has 2 aromatic rings. The Balaban J connectivity index is 1.80. The first-order valence-corrected chi connectivity index (χ1v) is 9.03. The molecule has 138 valence electrons. The number of carbonyl (C=O) groups is 2. The van der Waals surface area contributed by atoms with Crippen molar-refractivity contribution in [2.45, 2.75) is 38.3 Å². The number of benzene rings is 1. The average molecular weight is 376 g/mol. The van der Waals surface area contributed by atoms with Crippen LogP contribution >= 0.6 is 11.6 Å². The fourth-order valence-corrected chi connectivity index (χ4v) is 2.88. The van der Waals surface area contributed by atoms with Crippen molar-refractivity contribution in [3.63, 3.8) is 0 Å². The first-order valence-electron chi connectivity index (χ1n) is 8.66. The maximum Gasteiger partial charge on any atom is 0.271 e. The maximum atomic E-state index is 12.4. The average Bonchev–Trinajstić information content (AvgIpc) is 3.01. The lowest BCUT2D eigenvalue weighted by Crippen LogP contribution is -2.39. The monoisotopic (exact) mass is 375 g/mol. The molecule has 2 amide bonds. The Morgan fingerprint density at radius 1 is 1.23 bits per heavy atom. The third-order valence-electron chi connectivity index (χ3n) is 4.56. The van der Waals surface area contributed by atoms with Gasteiger partial charge in [-0.25, -0.2) is 0 Å². The maximum absolute atomic E-state index is 12.4. The molecule has 1 aromatic carbocycles. The Morgan fingerprint density at radius 3 is 2.50 bits per heavy atom. The standard InChI is InChI=1S/C19H22ClN3O3/c1-11(12-6-8-13(20)9-7-12)26-16-10-15(23-17(16)19(25)21-2)18(24)22-14-4-3-5-14/h6-11,14,23H,3-5H2,1-2H3,(H,21,25)(H,22,24). The minimum atomic E-state index is -0.342. The summed E-state index contributed by atoms with van der Waals surface area (Å²) in [5.41, 5.74) is 1.46. The van der Waals surface area contributed by atoms with Crippen LogP contribution in [0.5, 0.6) is 5.75 Å². The molecule has 0 saturated heterocycles. The van der Waals surface area contributed by atoms with Crippen molar-refractivity contribution in [3.8, 4) is 5.75 Å². The lowest BCUT2D eigenvalue weighted by atomic mass is 9.93. The molecule has 26 heavy (non-hydrogen) atoms. The molecule has 1 unspecified atom stereocenters. The number of hydrogen-bond acceptors (Lipinski definition) is 3. The van der Waals surface area contributed by atoms with Gasteiger partial charge in [-0.05, 0) is 43.9 Å². The molecule has 1 saturated carbocycles. The molecule has 0 spiro atoms. The Kier molecular flexibility index (Phi) is 5.52. The zero-order valence-corrected chi connectivity index (χ0v) is 15.5. The third kappa shape index (κ3) is 4.02. The van der Waals surface area contributed by atoms with Crippen LogP contribution in [-0.2, 0) is 0 Å². The smallest absolute Gasteiger partial charge is 0.271 e. The number of amides is 2. The molecule has 1 fully saturated rings. The highest BCUT2D eigenvalue weighted by Gasteiger charge is 2.24. The normalized spacial score (nSPS) is 15.0. The molecule has 1 atom stereocenters. The number of aromatic amines is 1. The van der Waals surface area contributed by atoms with Gasteiger partial charge in [-0.3, -0.25) is 9.59 Å². The number of nitrogens with one attached hydrogen (secondary N) is 3. The van der Waals surface area contributed by atoms with Crippen molar-refractivity contribution in [1.29, 1.82) is 0 Å². The quantitative estimate of drug-likeness (QED) is 0.723. The second-order valence-electron chi connectivity index (χ2n) is 6.41. The van der Waals surface area contributed by atoms with Gasteiger partial charge in [0.25, 0.3) is 11.8 Å². The van der Waals surface area contributed by atoms with E-state index in [1.165, 1.54) is 7.05 Å². The van der Waals surface area contributed by atoms with Crippen molar-refractivity contribution >= 4 is 23.4 Å². The van der Waals surface area contributed by atoms with Crippen LogP contribution in [0.4, 0.5) is 0 Å². The molecule has 0 bridgehead atoms. The number of ether oxygens (including phenoxy) is 1. The predicted octanol–water partition coefficient (Wildman–Crippen LogP) is 3.45. The van der Waals surface area contributed by atoms with Gasteiger partial charge in [0.05, 0.1) is 0 Å². The van der Waals surface area contributed by atoms with E-state index < -0.39 is 0 Å². The molecule has 0 aliphatic heterocycles. The summed E-state index contributed by atoms with van der Waals surface area (Å²) in [6.45, 7) is 1.87. The Morgan fingerprint density at radius 2 is 1.92 bits per heavy atom. The van der Waals surface area contributed by atoms with E-state index in [1.54, 1.807) is 18.2 Å². The molecular formula is C19H22ClN3O3. The highest BCUT2D eigenvalue weighted by molar-refractivity contribution is 6.30. The van der Waals surface area contributed by atoms with Crippen LogP contribution in [0.3, 0.4) is 0 Å². The van der Waals surface area contributed by atoms with Gasteiger partial charge in [-0.15, -0.1) is 0 Å². The largest absolute Gasteiger partial charge is 0.484 e. The molecule has 3 N–H and O–H groups in total. The molecule has 0 radical (unpaired) electrons. The van der Waals surface area contributed by atoms with Gasteiger partial charge in [0.2, 0.25) is 0 Å². The van der Waals surface area contributed by atoms with Crippen LogP contribution in [0.25, 0.3) is 0 Å². The summed E-state index contributed by atoms with van der Waals surface area (Å²) >= 11 is 5.92. The van der Waals surface area contributed by atoms with Crippen LogP contribution in [0, 0.1) is 0 Å². The van der Waals surface area contributed by atoms with Crippen LogP contribution in [0.2, 0.25) is 5.02 Å². The Labute approximate surface area is 157 Å². The number of H-pyrrole nitrogens is 1. The van der Waals surface area contributed by atoms with Gasteiger partial charge < -0.3 is 20.4 Å². The lowest BCUT2D eigenvalue weighted by Gasteiger charge is -2.25. The highest BCUT2D eigenvalue weighted by atomic mass is 35.5. The fourth-order valence-electron chi connectivity index (χ4n) is 2.75. The Bertz CT molecular complexity index is 797. The Hall–Kier alpha value is -2.47. The van der Waals surface area contributed by atoms with Crippen molar-refractivity contribution in [2.24, 2.45) is 0 Å². The molecule has 1 aliphatic carbocycles. The van der Waals surface area contributed by atoms with Gasteiger partial charge in [-0.1, -0.05) is 23.7 Å². The van der Waals surface area contributed by atoms with Crippen LogP contribution in [0.1, 0.15) is 58.8 Å². The summed E-state index contributed by atoms with van der Waals surface area (Å²) in [5, 5.41) is 6.15. The van der Waals surface area contributed by atoms with E-state index in [9.17, 15) is 9.59 Å². The first-order chi connectivity index (χ1) is 12.5. The lowest BCUT2D eigenvalue weighted by molar-refractivity contribution is 0.0912. The summed E-state index contributed by atoms with van der Waals surface area (Å²) in [7, 11) is 1.53. The number of halogens is 1. The van der Waals surface area contributed by atoms with Crippen LogP contribution in [-0.4, -0.2) is 29.9 Å². The molecule has 6 nitrogen and oxygen atoms in total. The van der Waals surface area contributed by atoms with E-state index in [4.69, 9.17) is 16.3 Å². The van der Waals surface area contributed by atoms with Crippen molar-refractivity contribution in [3.05, 3.63) is 52.3 Å². The molecule has 1 heterocycles. The third-order valence-corrected chi connectivity index (χ3v) is 4.82. The van der Waals surface area contributed by atoms with Crippen molar-refractivity contribution in [1.82, 2.24) is 15.6 Å². The number of carbonyl (C=O) groups excluding carboxylic acids is 2. The van der Waals surface area contributed by atoms with E-state index in [2.05, 4.69) is 15.6 Å². The molecule has 1 aliphatic rings. The minimum absolute atomic E-state index is 0.214. The summed E-state index contributed by atoms with van der Waals surface area (Å²) < 4.78 is 5.96. The van der Waals surface area contributed by atoms with Crippen molar-refractivity contribution < 1.29 is 14.3 Å². The van der Waals surface area contributed by atoms with Gasteiger partial charge in [0, 0.05) is 24.2 Å². The summed E-state index contributed by atoms with van der Waals surface area (Å²) in [4.78, 5) is 27.4. The number of aromatic nitrogens is 1. The molecule has 1 aromatic heterocycles. The van der Waals surface area contributed by atoms with E-state index in [1.807, 2.05) is 19.1 Å². The fraction of sp³-hybridized carbons (Fsp3) is 0.368. The summed E-state index contributed by atoms with van der Waals surface area (Å²) in [5.74, 6) is -0.231. The van der Waals surface area contributed by atoms with Gasteiger partial charge in [0.1, 0.15) is 17.5 Å². The SMILES string of the molecule is CNC(=O)c1[nH]c(C(=O)NC2CCC2)cc1OC(C)c1ccc(Cl)cc1. The van der Waals surface area contributed by atoms with Gasteiger partial charge >= 0.3 is 0 Å². The van der Waals surface area contributed by atoms with Crippen LogP contribution in [0.15, 0.2) is 30.3 Å². The molecular weight excluding hydrogens is 354 g/mol. The van der Waals surface area contributed by atoms with E-state index >= 15 is 0 Å².